The van der Waals surface area contributed by atoms with Crippen molar-refractivity contribution in [2.24, 2.45) is 5.73 Å². The number of aliphatic hydroxyl groups is 2. The zero-order valence-electron chi connectivity index (χ0n) is 13.9. The predicted octanol–water partition coefficient (Wildman–Crippen LogP) is 3.51. The van der Waals surface area contributed by atoms with Crippen molar-refractivity contribution in [1.82, 2.24) is 0 Å². The van der Waals surface area contributed by atoms with Gasteiger partial charge in [0.1, 0.15) is 6.10 Å². The van der Waals surface area contributed by atoms with Gasteiger partial charge >= 0.3 is 0 Å². The number of hydrogen-bond acceptors (Lipinski definition) is 4. The first-order valence-electron chi connectivity index (χ1n) is 8.27. The van der Waals surface area contributed by atoms with Crippen LogP contribution in [0.4, 0.5) is 17.1 Å². The van der Waals surface area contributed by atoms with Crippen LogP contribution in [0.5, 0.6) is 0 Å². The van der Waals surface area contributed by atoms with E-state index in [1.165, 1.54) is 0 Å². The number of nitrogens with zero attached hydrogens (tertiary/aromatic N) is 1. The Bertz CT molecular complexity index is 737. The number of aliphatic hydroxyl groups excluding tert-OH is 2. The molecule has 2 unspecified atom stereocenters. The molecule has 0 aliphatic heterocycles. The summed E-state index contributed by atoms with van der Waals surface area (Å²) in [6.07, 6.45) is -1.95. The molecule has 0 aliphatic rings. The third-order valence-electron chi connectivity index (χ3n) is 4.13. The minimum Gasteiger partial charge on any atom is -0.389 e. The van der Waals surface area contributed by atoms with Crippen molar-refractivity contribution in [2.45, 2.75) is 12.2 Å². The molecule has 0 saturated carbocycles. The molecule has 4 heteroatoms. The van der Waals surface area contributed by atoms with E-state index >= 15 is 0 Å². The predicted molar refractivity (Wildman–Crippen MR) is 101 cm³/mol. The van der Waals surface area contributed by atoms with Gasteiger partial charge in [-0.25, -0.2) is 0 Å². The molecule has 3 aromatic rings. The molecule has 0 bridgehead atoms. The third-order valence-corrected chi connectivity index (χ3v) is 4.13. The van der Waals surface area contributed by atoms with Gasteiger partial charge in [0, 0.05) is 23.6 Å². The van der Waals surface area contributed by atoms with E-state index in [9.17, 15) is 10.2 Å². The Hall–Kier alpha value is -2.66. The Kier molecular flexibility index (Phi) is 5.46. The highest BCUT2D eigenvalue weighted by atomic mass is 16.3. The maximum Gasteiger partial charge on any atom is 0.106 e. The van der Waals surface area contributed by atoms with E-state index in [0.29, 0.717) is 5.56 Å². The van der Waals surface area contributed by atoms with Gasteiger partial charge in [0.05, 0.1) is 6.10 Å². The molecular formula is C21H22N2O2. The number of anilines is 3. The zero-order valence-corrected chi connectivity index (χ0v) is 13.9. The summed E-state index contributed by atoms with van der Waals surface area (Å²) in [7, 11) is 0. The first kappa shape index (κ1) is 17.2. The highest BCUT2D eigenvalue weighted by Gasteiger charge is 2.18. The number of para-hydroxylation sites is 2. The van der Waals surface area contributed by atoms with Gasteiger partial charge in [-0.1, -0.05) is 48.5 Å². The number of benzene rings is 3. The van der Waals surface area contributed by atoms with Crippen molar-refractivity contribution < 1.29 is 10.2 Å². The van der Waals surface area contributed by atoms with Gasteiger partial charge in [-0.05, 0) is 42.0 Å². The Labute approximate surface area is 147 Å². The lowest BCUT2D eigenvalue weighted by atomic mass is 10.0. The molecule has 0 amide bonds. The molecular weight excluding hydrogens is 312 g/mol. The van der Waals surface area contributed by atoms with Crippen molar-refractivity contribution in [3.8, 4) is 0 Å². The van der Waals surface area contributed by atoms with Gasteiger partial charge in [-0.2, -0.15) is 0 Å². The van der Waals surface area contributed by atoms with Crippen LogP contribution in [-0.4, -0.2) is 22.9 Å². The normalized spacial score (nSPS) is 13.2. The highest BCUT2D eigenvalue weighted by molar-refractivity contribution is 5.76. The summed E-state index contributed by atoms with van der Waals surface area (Å²) in [5, 5.41) is 19.8. The van der Waals surface area contributed by atoms with Gasteiger partial charge in [-0.3, -0.25) is 0 Å². The first-order valence-corrected chi connectivity index (χ1v) is 8.27. The van der Waals surface area contributed by atoms with Crippen molar-refractivity contribution >= 4 is 17.1 Å². The molecule has 0 aromatic heterocycles. The van der Waals surface area contributed by atoms with Crippen LogP contribution >= 0.6 is 0 Å². The van der Waals surface area contributed by atoms with E-state index in [0.717, 1.165) is 17.1 Å². The molecule has 3 rings (SSSR count). The van der Waals surface area contributed by atoms with Gasteiger partial charge < -0.3 is 20.8 Å². The largest absolute Gasteiger partial charge is 0.389 e. The van der Waals surface area contributed by atoms with E-state index in [-0.39, 0.29) is 6.54 Å². The molecule has 4 nitrogen and oxygen atoms in total. The lowest BCUT2D eigenvalue weighted by Crippen LogP contribution is -2.27. The summed E-state index contributed by atoms with van der Waals surface area (Å²) < 4.78 is 0. The minimum absolute atomic E-state index is 0.0169. The molecule has 0 fully saturated rings. The summed E-state index contributed by atoms with van der Waals surface area (Å²) in [5.74, 6) is 0. The smallest absolute Gasteiger partial charge is 0.106 e. The quantitative estimate of drug-likeness (QED) is 0.645. The van der Waals surface area contributed by atoms with E-state index in [1.54, 1.807) is 0 Å². The average Bonchev–Trinajstić information content (AvgIpc) is 2.69. The maximum atomic E-state index is 10.1. The second kappa shape index (κ2) is 7.94. The molecule has 4 N–H and O–H groups in total. The lowest BCUT2D eigenvalue weighted by molar-refractivity contribution is 0.0243. The third kappa shape index (κ3) is 3.88. The second-order valence-electron chi connectivity index (χ2n) is 5.85. The van der Waals surface area contributed by atoms with Crippen molar-refractivity contribution in [3.05, 3.63) is 90.5 Å². The summed E-state index contributed by atoms with van der Waals surface area (Å²) in [4.78, 5) is 2.13. The van der Waals surface area contributed by atoms with Crippen molar-refractivity contribution in [3.63, 3.8) is 0 Å². The van der Waals surface area contributed by atoms with Crippen molar-refractivity contribution in [1.29, 1.82) is 0 Å². The Balaban J connectivity index is 1.97. The molecule has 2 atom stereocenters. The van der Waals surface area contributed by atoms with Crippen molar-refractivity contribution in [2.75, 3.05) is 11.4 Å². The van der Waals surface area contributed by atoms with Crippen LogP contribution in [0.3, 0.4) is 0 Å². The van der Waals surface area contributed by atoms with E-state index in [4.69, 9.17) is 5.73 Å². The fourth-order valence-electron chi connectivity index (χ4n) is 2.77. The molecule has 128 valence electrons. The average molecular weight is 334 g/mol. The SMILES string of the molecule is NCC(O)C(O)c1ccc(N(c2ccccc2)c2ccccc2)cc1. The Morgan fingerprint density at radius 2 is 1.12 bits per heavy atom. The van der Waals surface area contributed by atoms with E-state index < -0.39 is 12.2 Å². The molecule has 0 spiro atoms. The standard InChI is InChI=1S/C21H22N2O2/c22-15-20(24)21(25)16-11-13-19(14-12-16)23(17-7-3-1-4-8-17)18-9-5-2-6-10-18/h1-14,20-21,24-25H,15,22H2. The summed E-state index contributed by atoms with van der Waals surface area (Å²) in [6, 6.07) is 27.7. The molecule has 3 aromatic carbocycles. The van der Waals surface area contributed by atoms with Gasteiger partial charge in [0.15, 0.2) is 0 Å². The molecule has 0 radical (unpaired) electrons. The van der Waals surface area contributed by atoms with Gasteiger partial charge in [-0.15, -0.1) is 0 Å². The fraction of sp³-hybridized carbons (Fsp3) is 0.143. The monoisotopic (exact) mass is 334 g/mol. The van der Waals surface area contributed by atoms with Gasteiger partial charge in [0.25, 0.3) is 0 Å². The van der Waals surface area contributed by atoms with E-state index in [2.05, 4.69) is 4.90 Å². The molecule has 0 saturated heterocycles. The highest BCUT2D eigenvalue weighted by Crippen LogP contribution is 2.34. The van der Waals surface area contributed by atoms with E-state index in [1.807, 2.05) is 84.9 Å². The van der Waals surface area contributed by atoms with Crippen LogP contribution in [0.1, 0.15) is 11.7 Å². The van der Waals surface area contributed by atoms with Crippen LogP contribution in [0.15, 0.2) is 84.9 Å². The minimum atomic E-state index is -0.985. The number of nitrogens with two attached hydrogens (primary N) is 1. The number of rotatable bonds is 6. The lowest BCUT2D eigenvalue weighted by Gasteiger charge is -2.26. The molecule has 0 heterocycles. The second-order valence-corrected chi connectivity index (χ2v) is 5.85. The zero-order chi connectivity index (χ0) is 17.6. The van der Waals surface area contributed by atoms with Crippen LogP contribution in [0.25, 0.3) is 0 Å². The first-order chi connectivity index (χ1) is 12.2. The molecule has 25 heavy (non-hydrogen) atoms. The summed E-state index contributed by atoms with van der Waals surface area (Å²) >= 11 is 0. The topological polar surface area (TPSA) is 69.7 Å². The maximum absolute atomic E-state index is 10.1. The molecule has 0 aliphatic carbocycles. The van der Waals surface area contributed by atoms with Crippen LogP contribution in [-0.2, 0) is 0 Å². The van der Waals surface area contributed by atoms with Crippen LogP contribution in [0.2, 0.25) is 0 Å². The summed E-state index contributed by atoms with van der Waals surface area (Å²) in [5.41, 5.74) is 9.12. The summed E-state index contributed by atoms with van der Waals surface area (Å²) in [6.45, 7) is 0.0169. The Morgan fingerprint density at radius 3 is 1.56 bits per heavy atom. The Morgan fingerprint density at radius 1 is 0.680 bits per heavy atom. The number of hydrogen-bond donors (Lipinski definition) is 3. The van der Waals surface area contributed by atoms with Crippen LogP contribution in [0, 0.1) is 0 Å². The van der Waals surface area contributed by atoms with Gasteiger partial charge in [0.2, 0.25) is 0 Å². The fourth-order valence-corrected chi connectivity index (χ4v) is 2.77. The van der Waals surface area contributed by atoms with Crippen LogP contribution < -0.4 is 10.6 Å².